The zero-order valence-electron chi connectivity index (χ0n) is 22.7. The highest BCUT2D eigenvalue weighted by molar-refractivity contribution is 7.61. The quantitative estimate of drug-likeness (QED) is 0.0669. The van der Waals surface area contributed by atoms with Gasteiger partial charge in [-0.2, -0.15) is 8.88 Å². The highest BCUT2D eigenvalue weighted by atomic mass is 31.3. The topological polar surface area (TPSA) is 292 Å². The van der Waals surface area contributed by atoms with E-state index in [1.165, 1.54) is 46.9 Å². The molecule has 2 fully saturated rings. The number of aliphatic hydroxyl groups is 4. The number of ketones is 1. The lowest BCUT2D eigenvalue weighted by atomic mass is 10.1. The number of fused-ring (bicyclic) bond motifs is 1. The highest BCUT2D eigenvalue weighted by Crippen LogP contribution is 2.60. The van der Waals surface area contributed by atoms with Crippen LogP contribution in [0.1, 0.15) is 29.7 Å². The third-order valence-electron chi connectivity index (χ3n) is 6.87. The van der Waals surface area contributed by atoms with Crippen LogP contribution in [0.4, 0.5) is 5.82 Å². The Bertz CT molecular complexity index is 1630. The molecule has 0 amide bonds. The summed E-state index contributed by atoms with van der Waals surface area (Å²) in [4.78, 5) is 43.6. The lowest BCUT2D eigenvalue weighted by molar-refractivity contribution is -0.765. The number of aromatic nitrogens is 5. The maximum absolute atomic E-state index is 12.4. The van der Waals surface area contributed by atoms with Gasteiger partial charge >= 0.3 is 15.6 Å². The number of hydrogen-bond acceptors (Lipinski definition) is 16. The summed E-state index contributed by atoms with van der Waals surface area (Å²) in [5.74, 6) is -0.210. The average molecular weight is 663 g/mol. The van der Waals surface area contributed by atoms with Crippen LogP contribution in [0.15, 0.2) is 37.2 Å². The Labute approximate surface area is 247 Å². The molecule has 240 valence electrons. The van der Waals surface area contributed by atoms with Crippen LogP contribution in [-0.4, -0.2) is 105 Å². The number of hydrogen-bond donors (Lipinski definition) is 7. The minimum absolute atomic E-state index is 0.0547. The molecule has 10 atom stereocenters. The van der Waals surface area contributed by atoms with Crippen molar-refractivity contribution < 1.29 is 71.5 Å². The van der Waals surface area contributed by atoms with Gasteiger partial charge in [-0.3, -0.25) is 18.4 Å². The zero-order valence-corrected chi connectivity index (χ0v) is 24.4. The van der Waals surface area contributed by atoms with Gasteiger partial charge in [0.25, 0.3) is 6.23 Å². The molecule has 2 saturated heterocycles. The lowest BCUT2D eigenvalue weighted by Gasteiger charge is -2.20. The molecule has 2 aliphatic heterocycles. The standard InChI is InChI=1S/C22H28N6O14P2/c1-10(29)11-3-2-4-27(5-11)21-17(32)15(30)12(40-21)6-38-43(34,35)42-44(36,37)39-7-13-16(31)18(33)22(41-13)28-9-26-14-19(23)24-8-25-20(14)28/h2-5,8-9,12-13,15-18,21-22,30-33H,6-7H2,1H3,(H3-,23,24,25,34,35,36,37)/p+1. The molecule has 8 N–H and O–H groups in total. The monoisotopic (exact) mass is 663 g/mol. The normalized spacial score (nSPS) is 31.6. The van der Waals surface area contributed by atoms with Crippen molar-refractivity contribution in [3.8, 4) is 0 Å². The average Bonchev–Trinajstić information content (AvgIpc) is 3.61. The van der Waals surface area contributed by atoms with Crippen LogP contribution in [0.5, 0.6) is 0 Å². The minimum atomic E-state index is -5.36. The van der Waals surface area contributed by atoms with Crippen molar-refractivity contribution in [2.45, 2.75) is 56.0 Å². The van der Waals surface area contributed by atoms with Gasteiger partial charge in [0, 0.05) is 6.07 Å². The van der Waals surface area contributed by atoms with Gasteiger partial charge in [0.15, 0.2) is 42.0 Å². The first-order valence-electron chi connectivity index (χ1n) is 12.8. The van der Waals surface area contributed by atoms with Crippen LogP contribution in [0.2, 0.25) is 0 Å². The molecule has 0 radical (unpaired) electrons. The number of imidazole rings is 1. The number of phosphoric ester groups is 2. The van der Waals surface area contributed by atoms with Crippen LogP contribution < -0.4 is 10.3 Å². The Morgan fingerprint density at radius 3 is 2.30 bits per heavy atom. The first-order valence-corrected chi connectivity index (χ1v) is 15.8. The third-order valence-corrected chi connectivity index (χ3v) is 9.47. The number of rotatable bonds is 11. The summed E-state index contributed by atoms with van der Waals surface area (Å²) in [5, 5.41) is 41.7. The van der Waals surface area contributed by atoms with Crippen molar-refractivity contribution in [3.05, 3.63) is 42.7 Å². The maximum atomic E-state index is 12.4. The Balaban J connectivity index is 1.16. The zero-order chi connectivity index (χ0) is 32.0. The Kier molecular flexibility index (Phi) is 9.28. The second kappa shape index (κ2) is 12.5. The summed E-state index contributed by atoms with van der Waals surface area (Å²) in [6.45, 7) is -0.430. The van der Waals surface area contributed by atoms with Crippen LogP contribution in [-0.2, 0) is 32.0 Å². The number of nitrogens with two attached hydrogens (primary N) is 1. The molecule has 0 spiro atoms. The van der Waals surface area contributed by atoms with E-state index < -0.39 is 77.9 Å². The molecule has 0 saturated carbocycles. The van der Waals surface area contributed by atoms with E-state index in [1.54, 1.807) is 0 Å². The fourth-order valence-corrected chi connectivity index (χ4v) is 6.73. The minimum Gasteiger partial charge on any atom is -0.387 e. The molecule has 0 bridgehead atoms. The third kappa shape index (κ3) is 6.73. The maximum Gasteiger partial charge on any atom is 0.481 e. The summed E-state index contributed by atoms with van der Waals surface area (Å²) in [6.07, 6.45) is -6.47. The van der Waals surface area contributed by atoms with Gasteiger partial charge in [-0.05, 0) is 13.0 Å². The number of phosphoric acid groups is 2. The predicted molar refractivity (Wildman–Crippen MR) is 141 cm³/mol. The molecule has 2 aliphatic rings. The van der Waals surface area contributed by atoms with Crippen molar-refractivity contribution in [2.24, 2.45) is 0 Å². The second-order valence-electron chi connectivity index (χ2n) is 9.88. The first-order chi connectivity index (χ1) is 20.7. The van der Waals surface area contributed by atoms with Gasteiger partial charge in [0.1, 0.15) is 42.4 Å². The second-order valence-corrected chi connectivity index (χ2v) is 12.9. The van der Waals surface area contributed by atoms with E-state index in [9.17, 15) is 44.1 Å². The van der Waals surface area contributed by atoms with Crippen LogP contribution in [0.25, 0.3) is 11.2 Å². The van der Waals surface area contributed by atoms with Gasteiger partial charge < -0.3 is 45.4 Å². The summed E-state index contributed by atoms with van der Waals surface area (Å²) in [7, 11) is -10.7. The number of carbonyl (C=O) groups is 1. The van der Waals surface area contributed by atoms with E-state index in [0.717, 1.165) is 6.33 Å². The van der Waals surface area contributed by atoms with Gasteiger partial charge in [-0.15, -0.1) is 0 Å². The molecule has 5 heterocycles. The number of nitrogens with zero attached hydrogens (tertiary/aromatic N) is 5. The molecular formula is C22H29N6O14P2+. The molecule has 3 aromatic heterocycles. The van der Waals surface area contributed by atoms with Gasteiger partial charge in [-0.25, -0.2) is 24.1 Å². The number of anilines is 1. The number of aliphatic hydroxyl groups excluding tert-OH is 4. The fourth-order valence-electron chi connectivity index (χ4n) is 4.64. The molecule has 5 rings (SSSR count). The fraction of sp³-hybridized carbons (Fsp3) is 0.500. The van der Waals surface area contributed by atoms with E-state index in [-0.39, 0.29) is 22.8 Å². The van der Waals surface area contributed by atoms with Crippen LogP contribution >= 0.6 is 15.6 Å². The molecule has 0 aromatic carbocycles. The van der Waals surface area contributed by atoms with Crippen molar-refractivity contribution >= 4 is 38.4 Å². The molecule has 20 nitrogen and oxygen atoms in total. The number of carbonyl (C=O) groups excluding carboxylic acids is 1. The van der Waals surface area contributed by atoms with Crippen LogP contribution in [0.3, 0.4) is 0 Å². The van der Waals surface area contributed by atoms with E-state index in [2.05, 4.69) is 19.3 Å². The lowest BCUT2D eigenvalue weighted by Crippen LogP contribution is -2.46. The highest BCUT2D eigenvalue weighted by Gasteiger charge is 2.50. The van der Waals surface area contributed by atoms with E-state index in [0.29, 0.717) is 5.56 Å². The van der Waals surface area contributed by atoms with E-state index >= 15 is 0 Å². The van der Waals surface area contributed by atoms with Crippen molar-refractivity contribution in [1.29, 1.82) is 0 Å². The Morgan fingerprint density at radius 1 is 1.00 bits per heavy atom. The Morgan fingerprint density at radius 2 is 1.64 bits per heavy atom. The predicted octanol–water partition coefficient (Wildman–Crippen LogP) is -1.91. The number of nitrogen functional groups attached to an aromatic ring is 1. The van der Waals surface area contributed by atoms with Crippen molar-refractivity contribution in [3.63, 3.8) is 0 Å². The smallest absolute Gasteiger partial charge is 0.387 e. The number of ether oxygens (including phenoxy) is 2. The molecule has 44 heavy (non-hydrogen) atoms. The number of Topliss-reactive ketones (excluding diaryl/α,β-unsaturated/α-hetero) is 1. The summed E-state index contributed by atoms with van der Waals surface area (Å²) >= 11 is 0. The van der Waals surface area contributed by atoms with Crippen LogP contribution in [0, 0.1) is 0 Å². The van der Waals surface area contributed by atoms with Gasteiger partial charge in [0.05, 0.1) is 25.1 Å². The van der Waals surface area contributed by atoms with E-state index in [4.69, 9.17) is 24.3 Å². The summed E-state index contributed by atoms with van der Waals surface area (Å²) < 4.78 is 52.2. The van der Waals surface area contributed by atoms with E-state index in [1.807, 2.05) is 0 Å². The van der Waals surface area contributed by atoms with Gasteiger partial charge in [-0.1, -0.05) is 0 Å². The first kappa shape index (κ1) is 32.6. The molecule has 10 unspecified atom stereocenters. The van der Waals surface area contributed by atoms with Crippen molar-refractivity contribution in [1.82, 2.24) is 19.5 Å². The Hall–Kier alpha value is -2.81. The summed E-state index contributed by atoms with van der Waals surface area (Å²) in [5.41, 5.74) is 6.41. The molecule has 3 aromatic rings. The molecular weight excluding hydrogens is 634 g/mol. The van der Waals surface area contributed by atoms with Gasteiger partial charge in [0.2, 0.25) is 0 Å². The molecule has 22 heteroatoms. The SMILES string of the molecule is CC(=O)c1ccc[n+](C2OC(COP(=O)(O)OP(=O)(O)OCC3OC(n4cnc5c(N)ncnc54)C(O)C3O)C(O)C2O)c1. The number of pyridine rings is 1. The van der Waals surface area contributed by atoms with Crippen molar-refractivity contribution in [2.75, 3.05) is 18.9 Å². The largest absolute Gasteiger partial charge is 0.481 e. The summed E-state index contributed by atoms with van der Waals surface area (Å²) in [6, 6.07) is 3.04. The molecule has 0 aliphatic carbocycles.